The third kappa shape index (κ3) is 5.34. The monoisotopic (exact) mass is 433 g/mol. The second-order valence-corrected chi connectivity index (χ2v) is 8.37. The lowest BCUT2D eigenvalue weighted by Gasteiger charge is -2.32. The zero-order valence-electron chi connectivity index (χ0n) is 18.5. The molecule has 3 heterocycles. The van der Waals surface area contributed by atoms with Crippen molar-refractivity contribution in [2.45, 2.75) is 45.6 Å². The van der Waals surface area contributed by atoms with Crippen LogP contribution < -0.4 is 5.32 Å². The summed E-state index contributed by atoms with van der Waals surface area (Å²) in [4.78, 5) is 28.6. The summed E-state index contributed by atoms with van der Waals surface area (Å²) in [6.45, 7) is 6.70. The number of hydrogen-bond acceptors (Lipinski definition) is 5. The quantitative estimate of drug-likeness (QED) is 0.631. The molecule has 1 aromatic carbocycles. The fourth-order valence-corrected chi connectivity index (χ4v) is 4.28. The molecule has 0 aliphatic carbocycles. The first-order valence-corrected chi connectivity index (χ1v) is 11.0. The first-order chi connectivity index (χ1) is 15.5. The Balaban J connectivity index is 1.44. The number of benzene rings is 1. The molecule has 1 saturated heterocycles. The lowest BCUT2D eigenvalue weighted by atomic mass is 9.96. The number of nitrogens with one attached hydrogen (secondary N) is 1. The minimum Gasteiger partial charge on any atom is -0.323 e. The van der Waals surface area contributed by atoms with Crippen LogP contribution in [0.15, 0.2) is 48.8 Å². The van der Waals surface area contributed by atoms with Gasteiger partial charge in [-0.3, -0.25) is 14.7 Å². The van der Waals surface area contributed by atoms with Gasteiger partial charge in [0.25, 0.3) is 0 Å². The van der Waals surface area contributed by atoms with E-state index in [9.17, 15) is 9.18 Å². The molecule has 2 aromatic heterocycles. The standard InChI is InChI=1S/C25H28FN5O/c1-17-21(14-24(32)30-23-8-4-3-7-22(23)26)18(2)29-25(28-17)20-6-5-13-31(16-20)15-19-9-11-27-12-10-19/h3-4,7-12,20H,5-6,13-16H2,1-2H3,(H,30,32). The number of amides is 1. The number of pyridine rings is 1. The van der Waals surface area contributed by atoms with E-state index < -0.39 is 5.82 Å². The minimum atomic E-state index is -0.450. The van der Waals surface area contributed by atoms with Gasteiger partial charge in [0.05, 0.1) is 12.1 Å². The molecule has 166 valence electrons. The Labute approximate surface area is 187 Å². The molecule has 4 rings (SSSR count). The van der Waals surface area contributed by atoms with Crippen molar-refractivity contribution in [3.8, 4) is 0 Å². The van der Waals surface area contributed by atoms with Gasteiger partial charge in [-0.2, -0.15) is 0 Å². The molecule has 1 amide bonds. The molecule has 1 unspecified atom stereocenters. The Morgan fingerprint density at radius 2 is 1.84 bits per heavy atom. The molecule has 1 fully saturated rings. The maximum absolute atomic E-state index is 13.8. The molecule has 0 bridgehead atoms. The van der Waals surface area contributed by atoms with Crippen molar-refractivity contribution in [1.29, 1.82) is 0 Å². The van der Waals surface area contributed by atoms with Gasteiger partial charge < -0.3 is 5.32 Å². The number of rotatable bonds is 6. The third-order valence-corrected chi connectivity index (χ3v) is 5.95. The van der Waals surface area contributed by atoms with Crippen molar-refractivity contribution < 1.29 is 9.18 Å². The van der Waals surface area contributed by atoms with Crippen molar-refractivity contribution in [1.82, 2.24) is 19.9 Å². The molecule has 0 spiro atoms. The Morgan fingerprint density at radius 1 is 1.12 bits per heavy atom. The molecule has 1 N–H and O–H groups in total. The maximum atomic E-state index is 13.8. The van der Waals surface area contributed by atoms with Gasteiger partial charge in [-0.05, 0) is 63.1 Å². The lowest BCUT2D eigenvalue weighted by molar-refractivity contribution is -0.115. The number of piperidine rings is 1. The van der Waals surface area contributed by atoms with Gasteiger partial charge in [0.15, 0.2) is 0 Å². The smallest absolute Gasteiger partial charge is 0.229 e. The van der Waals surface area contributed by atoms with Crippen molar-refractivity contribution in [3.63, 3.8) is 0 Å². The van der Waals surface area contributed by atoms with E-state index >= 15 is 0 Å². The average Bonchev–Trinajstić information content (AvgIpc) is 2.78. The van der Waals surface area contributed by atoms with Crippen LogP contribution in [0.1, 0.15) is 47.1 Å². The van der Waals surface area contributed by atoms with Crippen LogP contribution in [-0.4, -0.2) is 38.8 Å². The Kier molecular flexibility index (Phi) is 6.85. The van der Waals surface area contributed by atoms with Gasteiger partial charge >= 0.3 is 0 Å². The molecular formula is C25H28FN5O. The van der Waals surface area contributed by atoms with Gasteiger partial charge in [-0.25, -0.2) is 14.4 Å². The van der Waals surface area contributed by atoms with E-state index in [1.54, 1.807) is 18.2 Å². The molecule has 0 radical (unpaired) electrons. The van der Waals surface area contributed by atoms with Crippen molar-refractivity contribution >= 4 is 11.6 Å². The largest absolute Gasteiger partial charge is 0.323 e. The number of halogens is 1. The molecule has 3 aromatic rings. The third-order valence-electron chi connectivity index (χ3n) is 5.95. The summed E-state index contributed by atoms with van der Waals surface area (Å²) in [6, 6.07) is 10.3. The van der Waals surface area contributed by atoms with E-state index in [2.05, 4.69) is 27.3 Å². The number of likely N-dealkylation sites (tertiary alicyclic amines) is 1. The normalized spacial score (nSPS) is 16.7. The van der Waals surface area contributed by atoms with Crippen LogP contribution in [0.2, 0.25) is 0 Å². The van der Waals surface area contributed by atoms with Gasteiger partial charge in [-0.15, -0.1) is 0 Å². The number of hydrogen-bond donors (Lipinski definition) is 1. The zero-order valence-corrected chi connectivity index (χ0v) is 18.5. The van der Waals surface area contributed by atoms with Crippen LogP contribution >= 0.6 is 0 Å². The van der Waals surface area contributed by atoms with E-state index in [4.69, 9.17) is 9.97 Å². The van der Waals surface area contributed by atoms with Gasteiger partial charge in [-0.1, -0.05) is 12.1 Å². The predicted octanol–water partition coefficient (Wildman–Crippen LogP) is 4.19. The van der Waals surface area contributed by atoms with Crippen LogP contribution in [0.5, 0.6) is 0 Å². The molecular weight excluding hydrogens is 405 g/mol. The highest BCUT2D eigenvalue weighted by molar-refractivity contribution is 5.92. The number of aromatic nitrogens is 3. The van der Waals surface area contributed by atoms with Crippen molar-refractivity contribution in [2.75, 3.05) is 18.4 Å². The van der Waals surface area contributed by atoms with E-state index in [0.29, 0.717) is 0 Å². The van der Waals surface area contributed by atoms with E-state index in [0.717, 1.165) is 55.3 Å². The lowest BCUT2D eigenvalue weighted by Crippen LogP contribution is -2.34. The summed E-state index contributed by atoms with van der Waals surface area (Å²) in [7, 11) is 0. The molecule has 1 aliphatic heterocycles. The van der Waals surface area contributed by atoms with Gasteiger partial charge in [0.1, 0.15) is 11.6 Å². The Hall–Kier alpha value is -3.19. The fraction of sp³-hybridized carbons (Fsp3) is 0.360. The highest BCUT2D eigenvalue weighted by Crippen LogP contribution is 2.27. The summed E-state index contributed by atoms with van der Waals surface area (Å²) >= 11 is 0. The number of carbonyl (C=O) groups excluding carboxylic acids is 1. The summed E-state index contributed by atoms with van der Waals surface area (Å²) in [5, 5.41) is 2.64. The highest BCUT2D eigenvalue weighted by Gasteiger charge is 2.25. The molecule has 0 saturated carbocycles. The average molecular weight is 434 g/mol. The second kappa shape index (κ2) is 9.96. The summed E-state index contributed by atoms with van der Waals surface area (Å²) in [5.41, 5.74) is 3.85. The first-order valence-electron chi connectivity index (χ1n) is 11.0. The number of aryl methyl sites for hydroxylation is 2. The van der Waals surface area contributed by atoms with E-state index in [1.807, 2.05) is 26.2 Å². The summed E-state index contributed by atoms with van der Waals surface area (Å²) in [5.74, 6) is 0.385. The maximum Gasteiger partial charge on any atom is 0.229 e. The first kappa shape index (κ1) is 22.0. The van der Waals surface area contributed by atoms with Crippen LogP contribution in [0.25, 0.3) is 0 Å². The predicted molar refractivity (Wildman–Crippen MR) is 122 cm³/mol. The van der Waals surface area contributed by atoms with Crippen LogP contribution in [-0.2, 0) is 17.8 Å². The second-order valence-electron chi connectivity index (χ2n) is 8.37. The topological polar surface area (TPSA) is 71.0 Å². The molecule has 6 nitrogen and oxygen atoms in total. The van der Waals surface area contributed by atoms with Crippen LogP contribution in [0, 0.1) is 19.7 Å². The highest BCUT2D eigenvalue weighted by atomic mass is 19.1. The summed E-state index contributed by atoms with van der Waals surface area (Å²) < 4.78 is 13.8. The SMILES string of the molecule is Cc1nc(C2CCCN(Cc3ccncc3)C2)nc(C)c1CC(=O)Nc1ccccc1F. The number of nitrogens with zero attached hydrogens (tertiary/aromatic N) is 4. The fourth-order valence-electron chi connectivity index (χ4n) is 4.28. The molecule has 7 heteroatoms. The van der Waals surface area contributed by atoms with E-state index in [1.165, 1.54) is 11.6 Å². The number of para-hydroxylation sites is 1. The Morgan fingerprint density at radius 3 is 2.56 bits per heavy atom. The van der Waals surface area contributed by atoms with Crippen LogP contribution in [0.4, 0.5) is 10.1 Å². The summed E-state index contributed by atoms with van der Waals surface area (Å²) in [6.07, 6.45) is 5.93. The molecule has 1 aliphatic rings. The Bertz CT molecular complexity index is 1070. The van der Waals surface area contributed by atoms with Gasteiger partial charge in [0, 0.05) is 48.4 Å². The number of carbonyl (C=O) groups is 1. The van der Waals surface area contributed by atoms with E-state index in [-0.39, 0.29) is 23.9 Å². The molecule has 1 atom stereocenters. The molecule has 32 heavy (non-hydrogen) atoms. The zero-order chi connectivity index (χ0) is 22.5. The number of anilines is 1. The van der Waals surface area contributed by atoms with Crippen molar-refractivity contribution in [3.05, 3.63) is 82.9 Å². The van der Waals surface area contributed by atoms with Gasteiger partial charge in [0.2, 0.25) is 5.91 Å². The van der Waals surface area contributed by atoms with Crippen molar-refractivity contribution in [2.24, 2.45) is 0 Å². The minimum absolute atomic E-state index is 0.116. The van der Waals surface area contributed by atoms with Crippen LogP contribution in [0.3, 0.4) is 0 Å².